The molecule has 1 saturated heterocycles. The van der Waals surface area contributed by atoms with Gasteiger partial charge in [-0.1, -0.05) is 12.1 Å². The Morgan fingerprint density at radius 3 is 2.84 bits per heavy atom. The fourth-order valence-corrected chi connectivity index (χ4v) is 3.39. The number of anilines is 2. The van der Waals surface area contributed by atoms with E-state index in [1.807, 2.05) is 0 Å². The molecule has 4 rings (SSSR count). The van der Waals surface area contributed by atoms with Gasteiger partial charge in [-0.15, -0.1) is 0 Å². The molecule has 0 spiro atoms. The number of hydrogen-bond acceptors (Lipinski definition) is 6. The molecule has 2 N–H and O–H groups in total. The molecule has 1 atom stereocenters. The third-order valence-corrected chi connectivity index (χ3v) is 4.92. The van der Waals surface area contributed by atoms with Gasteiger partial charge in [-0.05, 0) is 31.2 Å². The zero-order chi connectivity index (χ0) is 22.1. The van der Waals surface area contributed by atoms with Gasteiger partial charge in [0.05, 0.1) is 16.5 Å². The van der Waals surface area contributed by atoms with Crippen LogP contribution in [-0.4, -0.2) is 38.5 Å². The molecule has 158 valence electrons. The fourth-order valence-electron chi connectivity index (χ4n) is 3.39. The van der Waals surface area contributed by atoms with Gasteiger partial charge in [0.25, 0.3) is 0 Å². The highest BCUT2D eigenvalue weighted by Crippen LogP contribution is 2.30. The van der Waals surface area contributed by atoms with Crippen molar-refractivity contribution in [3.05, 3.63) is 64.2 Å². The number of nitrogens with zero attached hydrogens (tertiary/aromatic N) is 4. The molecule has 31 heavy (non-hydrogen) atoms. The first-order chi connectivity index (χ1) is 14.8. The predicted molar refractivity (Wildman–Crippen MR) is 109 cm³/mol. The SMILES string of the molecule is Cc1nc(-c2cccc(NC(=O)C3CC(=O)N(c4ccc(F)c([N+](=O)[O-])c4)C3)c2)n[nH]1. The van der Waals surface area contributed by atoms with Gasteiger partial charge in [-0.25, -0.2) is 4.98 Å². The summed E-state index contributed by atoms with van der Waals surface area (Å²) in [6.07, 6.45) is -0.0587. The number of halogens is 1. The Hall–Kier alpha value is -4.15. The van der Waals surface area contributed by atoms with Crippen LogP contribution in [0.15, 0.2) is 42.5 Å². The third-order valence-electron chi connectivity index (χ3n) is 4.92. The maximum absolute atomic E-state index is 13.6. The maximum Gasteiger partial charge on any atom is 0.306 e. The number of hydrogen-bond donors (Lipinski definition) is 2. The molecule has 1 aromatic heterocycles. The van der Waals surface area contributed by atoms with E-state index in [-0.39, 0.29) is 30.5 Å². The summed E-state index contributed by atoms with van der Waals surface area (Å²) in [5.74, 6) is -1.23. The van der Waals surface area contributed by atoms with Crippen LogP contribution in [0.2, 0.25) is 0 Å². The van der Waals surface area contributed by atoms with Gasteiger partial charge in [-0.3, -0.25) is 24.8 Å². The minimum Gasteiger partial charge on any atom is -0.326 e. The molecule has 1 aliphatic rings. The Morgan fingerprint density at radius 2 is 2.13 bits per heavy atom. The molecule has 1 fully saturated rings. The van der Waals surface area contributed by atoms with Crippen LogP contribution in [0.1, 0.15) is 12.2 Å². The monoisotopic (exact) mass is 424 g/mol. The molecule has 2 heterocycles. The maximum atomic E-state index is 13.6. The number of carbonyl (C=O) groups is 2. The summed E-state index contributed by atoms with van der Waals surface area (Å²) in [6, 6.07) is 10.2. The number of rotatable bonds is 5. The van der Waals surface area contributed by atoms with Crippen molar-refractivity contribution >= 4 is 28.9 Å². The van der Waals surface area contributed by atoms with Gasteiger partial charge in [0.2, 0.25) is 17.6 Å². The highest BCUT2D eigenvalue weighted by Gasteiger charge is 2.36. The molecule has 10 nitrogen and oxygen atoms in total. The predicted octanol–water partition coefficient (Wildman–Crippen LogP) is 2.82. The van der Waals surface area contributed by atoms with E-state index < -0.39 is 22.3 Å². The molecule has 1 aliphatic heterocycles. The molecular formula is C20H17FN6O4. The van der Waals surface area contributed by atoms with Crippen molar-refractivity contribution in [1.82, 2.24) is 15.2 Å². The smallest absolute Gasteiger partial charge is 0.306 e. The number of carbonyl (C=O) groups excluding carboxylic acids is 2. The molecular weight excluding hydrogens is 407 g/mol. The lowest BCUT2D eigenvalue weighted by atomic mass is 10.1. The summed E-state index contributed by atoms with van der Waals surface area (Å²) in [5, 5.41) is 20.6. The van der Waals surface area contributed by atoms with E-state index >= 15 is 0 Å². The highest BCUT2D eigenvalue weighted by molar-refractivity contribution is 6.03. The normalized spacial score (nSPS) is 15.9. The van der Waals surface area contributed by atoms with Crippen LogP contribution in [0.3, 0.4) is 0 Å². The summed E-state index contributed by atoms with van der Waals surface area (Å²) in [4.78, 5) is 40.8. The molecule has 0 bridgehead atoms. The zero-order valence-corrected chi connectivity index (χ0v) is 16.3. The van der Waals surface area contributed by atoms with Crippen molar-refractivity contribution in [2.24, 2.45) is 5.92 Å². The Balaban J connectivity index is 1.48. The number of nitrogens with one attached hydrogen (secondary N) is 2. The van der Waals surface area contributed by atoms with E-state index in [0.29, 0.717) is 22.9 Å². The van der Waals surface area contributed by atoms with E-state index in [0.717, 1.165) is 12.1 Å². The number of aromatic nitrogens is 3. The molecule has 0 saturated carbocycles. The largest absolute Gasteiger partial charge is 0.326 e. The zero-order valence-electron chi connectivity index (χ0n) is 16.3. The Kier molecular flexibility index (Phi) is 5.15. The second-order valence-corrected chi connectivity index (χ2v) is 7.11. The second-order valence-electron chi connectivity index (χ2n) is 7.11. The molecule has 11 heteroatoms. The van der Waals surface area contributed by atoms with E-state index in [1.165, 1.54) is 11.0 Å². The molecule has 2 aromatic carbocycles. The van der Waals surface area contributed by atoms with Crippen LogP contribution < -0.4 is 10.2 Å². The minimum atomic E-state index is -0.990. The molecule has 0 radical (unpaired) electrons. The molecule has 2 amide bonds. The van der Waals surface area contributed by atoms with Crippen molar-refractivity contribution in [3.8, 4) is 11.4 Å². The number of aryl methyl sites for hydroxylation is 1. The van der Waals surface area contributed by atoms with Gasteiger partial charge in [-0.2, -0.15) is 9.49 Å². The standard InChI is InChI=1S/C20H17FN6O4/c1-11-22-19(25-24-11)12-3-2-4-14(7-12)23-20(29)13-8-18(28)26(10-13)15-5-6-16(21)17(9-15)27(30)31/h2-7,9,13H,8,10H2,1H3,(H,23,29)(H,22,24,25). The van der Waals surface area contributed by atoms with Gasteiger partial charge in [0.1, 0.15) is 5.82 Å². The Labute approximate surface area is 175 Å². The van der Waals surface area contributed by atoms with E-state index in [9.17, 15) is 24.1 Å². The van der Waals surface area contributed by atoms with Crippen molar-refractivity contribution in [1.29, 1.82) is 0 Å². The Morgan fingerprint density at radius 1 is 1.32 bits per heavy atom. The fraction of sp³-hybridized carbons (Fsp3) is 0.200. The van der Waals surface area contributed by atoms with E-state index in [1.54, 1.807) is 31.2 Å². The third kappa shape index (κ3) is 4.10. The molecule has 3 aromatic rings. The van der Waals surface area contributed by atoms with Crippen molar-refractivity contribution in [3.63, 3.8) is 0 Å². The number of amides is 2. The van der Waals surface area contributed by atoms with E-state index in [2.05, 4.69) is 20.5 Å². The highest BCUT2D eigenvalue weighted by atomic mass is 19.1. The lowest BCUT2D eigenvalue weighted by Gasteiger charge is -2.16. The van der Waals surface area contributed by atoms with Crippen LogP contribution in [0.25, 0.3) is 11.4 Å². The first-order valence-corrected chi connectivity index (χ1v) is 9.36. The van der Waals surface area contributed by atoms with Gasteiger partial charge in [0, 0.05) is 30.3 Å². The average molecular weight is 424 g/mol. The number of H-pyrrole nitrogens is 1. The van der Waals surface area contributed by atoms with Crippen molar-refractivity contribution < 1.29 is 18.9 Å². The van der Waals surface area contributed by atoms with Crippen LogP contribution >= 0.6 is 0 Å². The van der Waals surface area contributed by atoms with Crippen LogP contribution in [0.5, 0.6) is 0 Å². The van der Waals surface area contributed by atoms with Crippen molar-refractivity contribution in [2.45, 2.75) is 13.3 Å². The number of aromatic amines is 1. The molecule has 1 unspecified atom stereocenters. The van der Waals surface area contributed by atoms with Gasteiger partial charge >= 0.3 is 5.69 Å². The van der Waals surface area contributed by atoms with Gasteiger partial charge < -0.3 is 10.2 Å². The number of nitro groups is 1. The summed E-state index contributed by atoms with van der Waals surface area (Å²) >= 11 is 0. The lowest BCUT2D eigenvalue weighted by Crippen LogP contribution is -2.28. The van der Waals surface area contributed by atoms with Crippen LogP contribution in [0.4, 0.5) is 21.5 Å². The van der Waals surface area contributed by atoms with E-state index in [4.69, 9.17) is 0 Å². The second kappa shape index (κ2) is 7.94. The summed E-state index contributed by atoms with van der Waals surface area (Å²) < 4.78 is 13.6. The van der Waals surface area contributed by atoms with Gasteiger partial charge in [0.15, 0.2) is 5.82 Å². The minimum absolute atomic E-state index is 0.0350. The first-order valence-electron chi connectivity index (χ1n) is 9.36. The number of benzene rings is 2. The summed E-state index contributed by atoms with van der Waals surface area (Å²) in [5.41, 5.74) is 0.686. The topological polar surface area (TPSA) is 134 Å². The first kappa shape index (κ1) is 20.1. The quantitative estimate of drug-likeness (QED) is 0.478. The van der Waals surface area contributed by atoms with Crippen LogP contribution in [0, 0.1) is 28.8 Å². The number of nitro benzene ring substituents is 1. The molecule has 0 aliphatic carbocycles. The average Bonchev–Trinajstić information content (AvgIpc) is 3.34. The summed E-state index contributed by atoms with van der Waals surface area (Å²) in [6.45, 7) is 1.81. The lowest BCUT2D eigenvalue weighted by molar-refractivity contribution is -0.387. The van der Waals surface area contributed by atoms with Crippen molar-refractivity contribution in [2.75, 3.05) is 16.8 Å². The summed E-state index contributed by atoms with van der Waals surface area (Å²) in [7, 11) is 0. The van der Waals surface area contributed by atoms with Crippen LogP contribution in [-0.2, 0) is 9.59 Å². The Bertz CT molecular complexity index is 1190.